The van der Waals surface area contributed by atoms with Crippen molar-refractivity contribution < 1.29 is 35.5 Å². The van der Waals surface area contributed by atoms with Gasteiger partial charge in [0.25, 0.3) is 0 Å². The summed E-state index contributed by atoms with van der Waals surface area (Å²) in [5.74, 6) is -1.08. The van der Waals surface area contributed by atoms with Crippen LogP contribution in [-0.4, -0.2) is 53.6 Å². The molecule has 3 atom stereocenters. The van der Waals surface area contributed by atoms with Gasteiger partial charge in [-0.2, -0.15) is 36.1 Å². The smallest absolute Gasteiger partial charge is 0.433 e. The van der Waals surface area contributed by atoms with Crippen LogP contribution in [0, 0.1) is 24.1 Å². The SMILES string of the molecule is C/N=c1/c(OCC(F)(F)F)ccc(C(F)(F)F)n1/N=N/[C@H]1C2CC[C@]1(C)CN(c1ncnc(C)c1F)C2. The van der Waals surface area contributed by atoms with E-state index in [4.69, 9.17) is 0 Å². The van der Waals surface area contributed by atoms with Crippen LogP contribution in [0.2, 0.25) is 0 Å². The number of hydrogen-bond acceptors (Lipinski definition) is 7. The zero-order valence-electron chi connectivity index (χ0n) is 20.1. The second-order valence-corrected chi connectivity index (χ2v) is 9.42. The van der Waals surface area contributed by atoms with Crippen LogP contribution in [0.5, 0.6) is 5.75 Å². The van der Waals surface area contributed by atoms with Crippen LogP contribution < -0.4 is 15.1 Å². The van der Waals surface area contributed by atoms with Gasteiger partial charge in [-0.25, -0.2) is 14.4 Å². The number of piperidine rings is 1. The van der Waals surface area contributed by atoms with E-state index in [2.05, 4.69) is 30.0 Å². The minimum Gasteiger partial charge on any atom is -0.480 e. The fourth-order valence-electron chi connectivity index (χ4n) is 5.01. The standard InChI is InChI=1S/C22H24F7N7O/c1-12-16(23)19(32-11-31-12)35-8-13-6-7-20(2,9-35)17(13)33-34-36-15(22(27,28)29)5-4-14(18(36)30-3)37-10-21(24,25)26/h4-5,11,13,17H,6-10H2,1-3H3/b30-18-,34-33+/t13?,17-,20+/m0/s1. The summed E-state index contributed by atoms with van der Waals surface area (Å²) in [6.45, 7) is 2.38. The maximum absolute atomic E-state index is 14.7. The second kappa shape index (κ2) is 9.56. The molecule has 2 aromatic heterocycles. The minimum absolute atomic E-state index is 0.149. The summed E-state index contributed by atoms with van der Waals surface area (Å²) in [5.41, 5.74) is -2.20. The molecule has 2 aliphatic rings. The Morgan fingerprint density at radius 2 is 1.89 bits per heavy atom. The van der Waals surface area contributed by atoms with Crippen molar-refractivity contribution in [3.63, 3.8) is 0 Å². The molecule has 1 saturated heterocycles. The van der Waals surface area contributed by atoms with Gasteiger partial charge >= 0.3 is 12.4 Å². The number of ether oxygens (including phenoxy) is 1. The Morgan fingerprint density at radius 1 is 1.16 bits per heavy atom. The van der Waals surface area contributed by atoms with Crippen LogP contribution in [0.3, 0.4) is 0 Å². The fourth-order valence-corrected chi connectivity index (χ4v) is 5.01. The molecule has 2 fully saturated rings. The zero-order chi connectivity index (χ0) is 27.2. The average Bonchev–Trinajstić information content (AvgIpc) is 2.99. The Balaban J connectivity index is 1.68. The molecule has 4 rings (SSSR count). The van der Waals surface area contributed by atoms with Crippen molar-refractivity contribution in [1.82, 2.24) is 14.6 Å². The molecule has 1 aliphatic carbocycles. The summed E-state index contributed by atoms with van der Waals surface area (Å²) >= 11 is 0. The van der Waals surface area contributed by atoms with Crippen LogP contribution in [0.4, 0.5) is 36.6 Å². The molecule has 202 valence electrons. The van der Waals surface area contributed by atoms with E-state index >= 15 is 0 Å². The number of rotatable bonds is 5. The molecule has 1 aliphatic heterocycles. The van der Waals surface area contributed by atoms with Crippen LogP contribution in [0.15, 0.2) is 33.8 Å². The van der Waals surface area contributed by atoms with Crippen molar-refractivity contribution in [1.29, 1.82) is 0 Å². The molecule has 0 amide bonds. The average molecular weight is 535 g/mol. The van der Waals surface area contributed by atoms with Gasteiger partial charge in [0.05, 0.1) is 11.7 Å². The summed E-state index contributed by atoms with van der Waals surface area (Å²) in [4.78, 5) is 13.4. The van der Waals surface area contributed by atoms with Gasteiger partial charge in [0.15, 0.2) is 29.5 Å². The third-order valence-corrected chi connectivity index (χ3v) is 6.70. The molecule has 0 N–H and O–H groups in total. The normalized spacial score (nSPS) is 24.8. The third kappa shape index (κ3) is 5.39. The van der Waals surface area contributed by atoms with Crippen molar-refractivity contribution in [2.24, 2.45) is 26.7 Å². The van der Waals surface area contributed by atoms with Gasteiger partial charge in [0.2, 0.25) is 0 Å². The lowest BCUT2D eigenvalue weighted by atomic mass is 9.79. The molecular weight excluding hydrogens is 511 g/mol. The molecule has 2 bridgehead atoms. The summed E-state index contributed by atoms with van der Waals surface area (Å²) in [5, 5.41) is 8.08. The summed E-state index contributed by atoms with van der Waals surface area (Å²) in [6, 6.07) is 0.816. The molecule has 0 radical (unpaired) electrons. The predicted molar refractivity (Wildman–Crippen MR) is 116 cm³/mol. The summed E-state index contributed by atoms with van der Waals surface area (Å²) in [6.07, 6.45) is -6.99. The fraction of sp³-hybridized carbons (Fsp3) is 0.591. The molecule has 0 spiro atoms. The minimum atomic E-state index is -4.89. The molecular formula is C22H24F7N7O. The maximum atomic E-state index is 14.7. The first-order valence-corrected chi connectivity index (χ1v) is 11.3. The highest BCUT2D eigenvalue weighted by molar-refractivity contribution is 5.43. The van der Waals surface area contributed by atoms with Crippen LogP contribution in [0.1, 0.15) is 31.2 Å². The van der Waals surface area contributed by atoms with E-state index in [1.54, 1.807) is 4.90 Å². The Morgan fingerprint density at radius 3 is 2.51 bits per heavy atom. The predicted octanol–water partition coefficient (Wildman–Crippen LogP) is 4.74. The topological polar surface area (TPSA) is 80.3 Å². The summed E-state index contributed by atoms with van der Waals surface area (Å²) < 4.78 is 98.9. The first kappa shape index (κ1) is 26.8. The molecule has 3 heterocycles. The van der Waals surface area contributed by atoms with E-state index in [0.29, 0.717) is 36.7 Å². The number of hydrogen-bond donors (Lipinski definition) is 0. The van der Waals surface area contributed by atoms with E-state index in [1.807, 2.05) is 6.92 Å². The van der Waals surface area contributed by atoms with Gasteiger partial charge in [-0.05, 0) is 31.9 Å². The van der Waals surface area contributed by atoms with Crippen molar-refractivity contribution in [2.45, 2.75) is 45.1 Å². The van der Waals surface area contributed by atoms with E-state index in [0.717, 1.165) is 13.1 Å². The lowest BCUT2D eigenvalue weighted by Gasteiger charge is -2.42. The first-order valence-electron chi connectivity index (χ1n) is 11.3. The molecule has 2 aromatic rings. The van der Waals surface area contributed by atoms with Crippen molar-refractivity contribution in [2.75, 3.05) is 31.6 Å². The number of aromatic nitrogens is 3. The number of fused-ring (bicyclic) bond motifs is 2. The number of anilines is 1. The van der Waals surface area contributed by atoms with E-state index in [9.17, 15) is 30.7 Å². The van der Waals surface area contributed by atoms with Gasteiger partial charge < -0.3 is 9.64 Å². The molecule has 15 heteroatoms. The number of nitrogens with zero attached hydrogens (tertiary/aromatic N) is 7. The summed E-state index contributed by atoms with van der Waals surface area (Å²) in [7, 11) is 1.11. The number of aryl methyl sites for hydroxylation is 1. The van der Waals surface area contributed by atoms with Gasteiger partial charge in [-0.15, -0.1) is 0 Å². The molecule has 1 saturated carbocycles. The van der Waals surface area contributed by atoms with Gasteiger partial charge in [-0.1, -0.05) is 12.1 Å². The van der Waals surface area contributed by atoms with Gasteiger partial charge in [0, 0.05) is 31.5 Å². The Kier molecular flexibility index (Phi) is 6.92. The van der Waals surface area contributed by atoms with E-state index in [1.165, 1.54) is 13.3 Å². The van der Waals surface area contributed by atoms with Crippen LogP contribution in [0.25, 0.3) is 0 Å². The first-order chi connectivity index (χ1) is 17.2. The Hall–Kier alpha value is -3.26. The van der Waals surface area contributed by atoms with E-state index < -0.39 is 53.2 Å². The second-order valence-electron chi connectivity index (χ2n) is 9.42. The highest BCUT2D eigenvalue weighted by Gasteiger charge is 2.51. The van der Waals surface area contributed by atoms with Gasteiger partial charge in [0.1, 0.15) is 12.0 Å². The third-order valence-electron chi connectivity index (χ3n) is 6.70. The highest BCUT2D eigenvalue weighted by Crippen LogP contribution is 2.49. The van der Waals surface area contributed by atoms with Crippen molar-refractivity contribution in [3.8, 4) is 5.75 Å². The lowest BCUT2D eigenvalue weighted by molar-refractivity contribution is -0.154. The maximum Gasteiger partial charge on any atom is 0.433 e. The quantitative estimate of drug-likeness (QED) is 0.410. The molecule has 0 aromatic carbocycles. The highest BCUT2D eigenvalue weighted by atomic mass is 19.4. The molecule has 8 nitrogen and oxygen atoms in total. The molecule has 37 heavy (non-hydrogen) atoms. The monoisotopic (exact) mass is 535 g/mol. The number of halogens is 7. The van der Waals surface area contributed by atoms with E-state index in [-0.39, 0.29) is 17.4 Å². The van der Waals surface area contributed by atoms with Crippen LogP contribution >= 0.6 is 0 Å². The number of alkyl halides is 6. The van der Waals surface area contributed by atoms with Crippen molar-refractivity contribution >= 4 is 5.82 Å². The van der Waals surface area contributed by atoms with Crippen LogP contribution in [-0.2, 0) is 6.18 Å². The largest absolute Gasteiger partial charge is 0.480 e. The van der Waals surface area contributed by atoms with Gasteiger partial charge in [-0.3, -0.25) is 4.99 Å². The Bertz CT molecular complexity index is 1260. The van der Waals surface area contributed by atoms with Crippen molar-refractivity contribution in [3.05, 3.63) is 41.2 Å². The lowest BCUT2D eigenvalue weighted by Crippen LogP contribution is -2.50. The zero-order valence-corrected chi connectivity index (χ0v) is 20.1. The number of pyridine rings is 1. The molecule has 1 unspecified atom stereocenters. The Labute approximate surface area is 206 Å².